The summed E-state index contributed by atoms with van der Waals surface area (Å²) in [6, 6.07) is 1.60. The predicted molar refractivity (Wildman–Crippen MR) is 47.5 cm³/mol. The number of rotatable bonds is 3. The Labute approximate surface area is 83.9 Å². The van der Waals surface area contributed by atoms with Crippen LogP contribution in [0.25, 0.3) is 0 Å². The first-order valence-electron chi connectivity index (χ1n) is 4.08. The van der Waals surface area contributed by atoms with Crippen LogP contribution in [0.5, 0.6) is 5.75 Å². The van der Waals surface area contributed by atoms with Gasteiger partial charge in [0.25, 0.3) is 0 Å². The van der Waals surface area contributed by atoms with E-state index in [-0.39, 0.29) is 0 Å². The third kappa shape index (κ3) is 2.04. The molecule has 1 aromatic rings. The van der Waals surface area contributed by atoms with Crippen LogP contribution in [0, 0.1) is 11.6 Å². The van der Waals surface area contributed by atoms with Gasteiger partial charge in [-0.3, -0.25) is 4.79 Å². The van der Waals surface area contributed by atoms with Crippen molar-refractivity contribution in [2.45, 2.75) is 5.92 Å². The Morgan fingerprint density at radius 2 is 2.07 bits per heavy atom. The summed E-state index contributed by atoms with van der Waals surface area (Å²) >= 11 is 0. The minimum absolute atomic E-state index is 0.427. The van der Waals surface area contributed by atoms with Gasteiger partial charge >= 0.3 is 5.97 Å². The number of carboxylic acids is 1. The molecule has 4 N–H and O–H groups in total. The Morgan fingerprint density at radius 1 is 1.47 bits per heavy atom. The summed E-state index contributed by atoms with van der Waals surface area (Å²) in [5.41, 5.74) is 4.49. The van der Waals surface area contributed by atoms with E-state index in [1.807, 2.05) is 0 Å². The number of aliphatic carboxylic acids is 1. The highest BCUT2D eigenvalue weighted by Gasteiger charge is 2.26. The van der Waals surface area contributed by atoms with Gasteiger partial charge in [-0.25, -0.2) is 8.78 Å². The highest BCUT2D eigenvalue weighted by atomic mass is 19.2. The molecule has 0 radical (unpaired) electrons. The molecule has 0 amide bonds. The van der Waals surface area contributed by atoms with E-state index >= 15 is 0 Å². The number of hydrogen-bond acceptors (Lipinski definition) is 3. The molecule has 0 aliphatic carbocycles. The van der Waals surface area contributed by atoms with Gasteiger partial charge in [-0.1, -0.05) is 0 Å². The van der Waals surface area contributed by atoms with Gasteiger partial charge in [0.15, 0.2) is 11.6 Å². The molecule has 0 saturated heterocycles. The van der Waals surface area contributed by atoms with Crippen LogP contribution in [0.3, 0.4) is 0 Å². The van der Waals surface area contributed by atoms with Gasteiger partial charge in [0.05, 0.1) is 0 Å². The lowest BCUT2D eigenvalue weighted by atomic mass is 9.97. The molecule has 0 aliphatic heterocycles. The lowest BCUT2D eigenvalue weighted by Crippen LogP contribution is -2.22. The first kappa shape index (κ1) is 11.4. The van der Waals surface area contributed by atoms with Crippen molar-refractivity contribution in [2.24, 2.45) is 5.73 Å². The average Bonchev–Trinajstić information content (AvgIpc) is 2.18. The number of phenolic OH excluding ortho intramolecular Hbond substituents is 1. The summed E-state index contributed by atoms with van der Waals surface area (Å²) in [4.78, 5) is 10.7. The van der Waals surface area contributed by atoms with E-state index in [0.717, 1.165) is 6.07 Å². The summed E-state index contributed by atoms with van der Waals surface area (Å²) in [6.45, 7) is -0.427. The van der Waals surface area contributed by atoms with Gasteiger partial charge in [0.1, 0.15) is 11.7 Å². The highest BCUT2D eigenvalue weighted by molar-refractivity contribution is 5.77. The minimum Gasteiger partial charge on any atom is -0.508 e. The second-order valence-electron chi connectivity index (χ2n) is 2.92. The first-order chi connectivity index (χ1) is 6.99. The summed E-state index contributed by atoms with van der Waals surface area (Å²) in [5, 5.41) is 17.9. The maximum absolute atomic E-state index is 13.2. The van der Waals surface area contributed by atoms with Crippen LogP contribution in [-0.2, 0) is 4.79 Å². The van der Waals surface area contributed by atoms with Gasteiger partial charge in [-0.2, -0.15) is 0 Å². The zero-order chi connectivity index (χ0) is 11.6. The van der Waals surface area contributed by atoms with Crippen molar-refractivity contribution in [3.05, 3.63) is 29.3 Å². The molecule has 1 aromatic carbocycles. The fourth-order valence-corrected chi connectivity index (χ4v) is 1.23. The minimum atomic E-state index is -1.46. The van der Waals surface area contributed by atoms with Crippen LogP contribution in [0.1, 0.15) is 11.5 Å². The van der Waals surface area contributed by atoms with E-state index in [0.29, 0.717) is 6.07 Å². The number of hydrogen-bond donors (Lipinski definition) is 3. The molecule has 0 aromatic heterocycles. The largest absolute Gasteiger partial charge is 0.508 e. The summed E-state index contributed by atoms with van der Waals surface area (Å²) < 4.78 is 26.0. The number of nitrogens with two attached hydrogens (primary N) is 1. The molecule has 1 rings (SSSR count). The number of carboxylic acid groups (broad SMARTS) is 1. The maximum atomic E-state index is 13.2. The Morgan fingerprint density at radius 3 is 2.53 bits per heavy atom. The molecule has 82 valence electrons. The number of halogens is 2. The standard InChI is InChI=1S/C9H9F2NO3/c10-5-1-2-6(13)7(8(5)11)4(3-12)9(14)15/h1-2,4,13H,3,12H2,(H,14,15). The summed E-state index contributed by atoms with van der Waals surface area (Å²) in [7, 11) is 0. The number of carbonyl (C=O) groups is 1. The predicted octanol–water partition coefficient (Wildman–Crippen LogP) is 0.797. The van der Waals surface area contributed by atoms with Crippen molar-refractivity contribution in [3.63, 3.8) is 0 Å². The molecule has 1 atom stereocenters. The molecule has 0 spiro atoms. The van der Waals surface area contributed by atoms with Crippen molar-refractivity contribution in [3.8, 4) is 5.75 Å². The smallest absolute Gasteiger partial charge is 0.312 e. The molecule has 4 nitrogen and oxygen atoms in total. The number of benzene rings is 1. The molecule has 0 aliphatic rings. The van der Waals surface area contributed by atoms with Gasteiger partial charge in [0.2, 0.25) is 0 Å². The molecule has 1 unspecified atom stereocenters. The van der Waals surface area contributed by atoms with E-state index in [2.05, 4.69) is 0 Å². The van der Waals surface area contributed by atoms with Crippen LogP contribution >= 0.6 is 0 Å². The Kier molecular flexibility index (Phi) is 3.21. The molecule has 15 heavy (non-hydrogen) atoms. The van der Waals surface area contributed by atoms with Gasteiger partial charge in [-0.15, -0.1) is 0 Å². The molecule has 0 bridgehead atoms. The fraction of sp³-hybridized carbons (Fsp3) is 0.222. The van der Waals surface area contributed by atoms with Crippen molar-refractivity contribution in [2.75, 3.05) is 6.54 Å². The van der Waals surface area contributed by atoms with Crippen molar-refractivity contribution in [1.29, 1.82) is 0 Å². The zero-order valence-electron chi connectivity index (χ0n) is 7.58. The van der Waals surface area contributed by atoms with Crippen LogP contribution in [0.15, 0.2) is 12.1 Å². The molecule has 6 heteroatoms. The van der Waals surface area contributed by atoms with Gasteiger partial charge < -0.3 is 15.9 Å². The number of aromatic hydroxyl groups is 1. The molecule has 0 fully saturated rings. The van der Waals surface area contributed by atoms with Crippen LogP contribution in [-0.4, -0.2) is 22.7 Å². The third-order valence-electron chi connectivity index (χ3n) is 1.99. The molecule has 0 saturated carbocycles. The average molecular weight is 217 g/mol. The van der Waals surface area contributed by atoms with Crippen molar-refractivity contribution < 1.29 is 23.8 Å². The molecular weight excluding hydrogens is 208 g/mol. The molecule has 0 heterocycles. The highest BCUT2D eigenvalue weighted by Crippen LogP contribution is 2.29. The van der Waals surface area contributed by atoms with E-state index in [9.17, 15) is 18.7 Å². The Balaban J connectivity index is 3.34. The SMILES string of the molecule is NCC(C(=O)O)c1c(O)ccc(F)c1F. The lowest BCUT2D eigenvalue weighted by Gasteiger charge is -2.12. The Hall–Kier alpha value is -1.69. The summed E-state index contributed by atoms with van der Waals surface area (Å²) in [6.07, 6.45) is 0. The van der Waals surface area contributed by atoms with Crippen LogP contribution < -0.4 is 5.73 Å². The van der Waals surface area contributed by atoms with E-state index in [1.54, 1.807) is 0 Å². The van der Waals surface area contributed by atoms with Crippen LogP contribution in [0.4, 0.5) is 8.78 Å². The third-order valence-corrected chi connectivity index (χ3v) is 1.99. The quantitative estimate of drug-likeness (QED) is 0.699. The van der Waals surface area contributed by atoms with Crippen molar-refractivity contribution in [1.82, 2.24) is 0 Å². The van der Waals surface area contributed by atoms with E-state index in [4.69, 9.17) is 10.8 Å². The second-order valence-corrected chi connectivity index (χ2v) is 2.92. The van der Waals surface area contributed by atoms with Gasteiger partial charge in [-0.05, 0) is 12.1 Å². The van der Waals surface area contributed by atoms with Crippen LogP contribution in [0.2, 0.25) is 0 Å². The zero-order valence-corrected chi connectivity index (χ0v) is 7.58. The van der Waals surface area contributed by atoms with E-state index < -0.39 is 41.4 Å². The first-order valence-corrected chi connectivity index (χ1v) is 4.08. The maximum Gasteiger partial charge on any atom is 0.312 e. The normalized spacial score (nSPS) is 12.5. The lowest BCUT2D eigenvalue weighted by molar-refractivity contribution is -0.138. The second kappa shape index (κ2) is 4.22. The summed E-state index contributed by atoms with van der Waals surface area (Å²) in [5.74, 6) is -6.10. The molecular formula is C9H9F2NO3. The fourth-order valence-electron chi connectivity index (χ4n) is 1.23. The monoisotopic (exact) mass is 217 g/mol. The van der Waals surface area contributed by atoms with Gasteiger partial charge in [0, 0.05) is 12.1 Å². The topological polar surface area (TPSA) is 83.6 Å². The number of phenols is 1. The van der Waals surface area contributed by atoms with E-state index in [1.165, 1.54) is 0 Å². The Bertz CT molecular complexity index is 395. The van der Waals surface area contributed by atoms with Crippen molar-refractivity contribution >= 4 is 5.97 Å².